The molecule has 1 saturated heterocycles. The summed E-state index contributed by atoms with van der Waals surface area (Å²) in [5, 5.41) is 4.05. The number of amides is 3. The van der Waals surface area contributed by atoms with Gasteiger partial charge in [0.15, 0.2) is 0 Å². The van der Waals surface area contributed by atoms with Crippen LogP contribution in [0.25, 0.3) is 10.9 Å². The van der Waals surface area contributed by atoms with Crippen LogP contribution < -0.4 is 5.32 Å². The first-order valence-electron chi connectivity index (χ1n) is 7.56. The first-order chi connectivity index (χ1) is 10.7. The highest BCUT2D eigenvalue weighted by Crippen LogP contribution is 2.26. The van der Waals surface area contributed by atoms with Gasteiger partial charge >= 0.3 is 6.03 Å². The van der Waals surface area contributed by atoms with Crippen molar-refractivity contribution in [2.45, 2.75) is 13.5 Å². The van der Waals surface area contributed by atoms with E-state index in [-0.39, 0.29) is 6.03 Å². The Kier molecular flexibility index (Phi) is 4.00. The molecule has 2 aromatic rings. The molecule has 0 spiro atoms. The van der Waals surface area contributed by atoms with Crippen molar-refractivity contribution in [3.05, 3.63) is 30.5 Å². The standard InChI is InChI=1S/C16H20N4O2/c1-2-19-11-14(13-5-3-4-6-15(13)19)17-16(22)20-9-7-18(12-21)8-10-20/h3-6,11-12H,2,7-10H2,1H3,(H,17,22). The fourth-order valence-corrected chi connectivity index (χ4v) is 2.83. The Morgan fingerprint density at radius 3 is 2.64 bits per heavy atom. The molecule has 6 nitrogen and oxygen atoms in total. The molecule has 2 heterocycles. The molecule has 0 atom stereocenters. The van der Waals surface area contributed by atoms with E-state index in [1.165, 1.54) is 0 Å². The van der Waals surface area contributed by atoms with Crippen molar-refractivity contribution in [2.75, 3.05) is 31.5 Å². The second-order valence-electron chi connectivity index (χ2n) is 5.40. The molecule has 0 bridgehead atoms. The van der Waals surface area contributed by atoms with Crippen LogP contribution in [-0.2, 0) is 11.3 Å². The number of fused-ring (bicyclic) bond motifs is 1. The third-order valence-electron chi connectivity index (χ3n) is 4.12. The van der Waals surface area contributed by atoms with Crippen molar-refractivity contribution < 1.29 is 9.59 Å². The number of para-hydroxylation sites is 1. The Morgan fingerprint density at radius 1 is 1.23 bits per heavy atom. The molecule has 0 radical (unpaired) electrons. The van der Waals surface area contributed by atoms with E-state index in [4.69, 9.17) is 0 Å². The van der Waals surface area contributed by atoms with E-state index in [0.29, 0.717) is 26.2 Å². The second-order valence-corrected chi connectivity index (χ2v) is 5.40. The van der Waals surface area contributed by atoms with E-state index in [9.17, 15) is 9.59 Å². The van der Waals surface area contributed by atoms with Crippen LogP contribution in [0.1, 0.15) is 6.92 Å². The summed E-state index contributed by atoms with van der Waals surface area (Å²) in [6, 6.07) is 7.93. The number of anilines is 1. The van der Waals surface area contributed by atoms with E-state index in [1.54, 1.807) is 9.80 Å². The number of carbonyl (C=O) groups excluding carboxylic acids is 2. The summed E-state index contributed by atoms with van der Waals surface area (Å²) in [5.74, 6) is 0. The molecule has 3 rings (SSSR count). The molecule has 1 fully saturated rings. The Balaban J connectivity index is 1.76. The second kappa shape index (κ2) is 6.09. The molecule has 1 N–H and O–H groups in total. The van der Waals surface area contributed by atoms with Crippen molar-refractivity contribution in [1.29, 1.82) is 0 Å². The molecular weight excluding hydrogens is 280 g/mol. The van der Waals surface area contributed by atoms with E-state index < -0.39 is 0 Å². The van der Waals surface area contributed by atoms with Gasteiger partial charge in [-0.3, -0.25) is 4.79 Å². The fraction of sp³-hybridized carbons (Fsp3) is 0.375. The van der Waals surface area contributed by atoms with Crippen molar-refractivity contribution in [2.24, 2.45) is 0 Å². The van der Waals surface area contributed by atoms with Gasteiger partial charge in [0.05, 0.1) is 11.2 Å². The maximum atomic E-state index is 12.4. The number of hydrogen-bond donors (Lipinski definition) is 1. The van der Waals surface area contributed by atoms with Crippen LogP contribution in [0.3, 0.4) is 0 Å². The zero-order valence-electron chi connectivity index (χ0n) is 12.7. The summed E-state index contributed by atoms with van der Waals surface area (Å²) in [5.41, 5.74) is 1.95. The highest BCUT2D eigenvalue weighted by atomic mass is 16.2. The molecule has 116 valence electrons. The SMILES string of the molecule is CCn1cc(NC(=O)N2CCN(C=O)CC2)c2ccccc21. The van der Waals surface area contributed by atoms with Gasteiger partial charge in [-0.2, -0.15) is 0 Å². The zero-order valence-corrected chi connectivity index (χ0v) is 12.7. The van der Waals surface area contributed by atoms with Crippen LogP contribution in [-0.4, -0.2) is 53.0 Å². The Bertz CT molecular complexity index is 687. The number of benzene rings is 1. The lowest BCUT2D eigenvalue weighted by molar-refractivity contribution is -0.119. The van der Waals surface area contributed by atoms with E-state index in [1.807, 2.05) is 24.4 Å². The molecule has 1 aromatic heterocycles. The lowest BCUT2D eigenvalue weighted by Crippen LogP contribution is -2.49. The molecule has 1 aliphatic heterocycles. The van der Waals surface area contributed by atoms with Gasteiger partial charge in [0.1, 0.15) is 0 Å². The summed E-state index contributed by atoms with van der Waals surface area (Å²) in [4.78, 5) is 26.6. The Morgan fingerprint density at radius 2 is 1.95 bits per heavy atom. The Labute approximate surface area is 129 Å². The molecule has 22 heavy (non-hydrogen) atoms. The van der Waals surface area contributed by atoms with Gasteiger partial charge in [-0.1, -0.05) is 18.2 Å². The van der Waals surface area contributed by atoms with Gasteiger partial charge in [0.25, 0.3) is 0 Å². The zero-order chi connectivity index (χ0) is 15.5. The highest BCUT2D eigenvalue weighted by molar-refractivity contribution is 6.01. The van der Waals surface area contributed by atoms with Crippen LogP contribution in [0.2, 0.25) is 0 Å². The van der Waals surface area contributed by atoms with Crippen molar-refractivity contribution >= 4 is 29.0 Å². The number of piperazine rings is 1. The first-order valence-corrected chi connectivity index (χ1v) is 7.56. The highest BCUT2D eigenvalue weighted by Gasteiger charge is 2.21. The summed E-state index contributed by atoms with van der Waals surface area (Å²) < 4.78 is 2.12. The first kappa shape index (κ1) is 14.4. The number of aromatic nitrogens is 1. The summed E-state index contributed by atoms with van der Waals surface area (Å²) in [6.45, 7) is 5.25. The minimum atomic E-state index is -0.107. The number of urea groups is 1. The normalized spacial score (nSPS) is 15.1. The van der Waals surface area contributed by atoms with E-state index in [2.05, 4.69) is 22.9 Å². The number of nitrogens with one attached hydrogen (secondary N) is 1. The van der Waals surface area contributed by atoms with Crippen LogP contribution in [0.4, 0.5) is 10.5 Å². The quantitative estimate of drug-likeness (QED) is 0.881. The summed E-state index contributed by atoms with van der Waals surface area (Å²) >= 11 is 0. The van der Waals surface area contributed by atoms with Gasteiger partial charge in [-0.25, -0.2) is 4.79 Å². The molecule has 0 unspecified atom stereocenters. The molecule has 1 aliphatic rings. The molecule has 0 saturated carbocycles. The molecule has 6 heteroatoms. The van der Waals surface area contributed by atoms with Crippen molar-refractivity contribution in [1.82, 2.24) is 14.4 Å². The maximum Gasteiger partial charge on any atom is 0.322 e. The van der Waals surface area contributed by atoms with Crippen LogP contribution in [0.5, 0.6) is 0 Å². The summed E-state index contributed by atoms with van der Waals surface area (Å²) in [7, 11) is 0. The van der Waals surface area contributed by atoms with Crippen LogP contribution >= 0.6 is 0 Å². The third kappa shape index (κ3) is 2.64. The van der Waals surface area contributed by atoms with Gasteiger partial charge in [0.2, 0.25) is 6.41 Å². The smallest absolute Gasteiger partial charge is 0.322 e. The molecule has 0 aliphatic carbocycles. The summed E-state index contributed by atoms with van der Waals surface area (Å²) in [6.07, 6.45) is 2.81. The largest absolute Gasteiger partial charge is 0.346 e. The lowest BCUT2D eigenvalue weighted by atomic mass is 10.2. The van der Waals surface area contributed by atoms with Crippen molar-refractivity contribution in [3.63, 3.8) is 0 Å². The van der Waals surface area contributed by atoms with Crippen molar-refractivity contribution in [3.8, 4) is 0 Å². The average molecular weight is 300 g/mol. The van der Waals surface area contributed by atoms with Gasteiger partial charge in [0, 0.05) is 44.3 Å². The third-order valence-corrected chi connectivity index (χ3v) is 4.12. The number of carbonyl (C=O) groups is 2. The van der Waals surface area contributed by atoms with Crippen LogP contribution in [0.15, 0.2) is 30.5 Å². The monoisotopic (exact) mass is 300 g/mol. The minimum absolute atomic E-state index is 0.107. The van der Waals surface area contributed by atoms with Gasteiger partial charge < -0.3 is 19.7 Å². The molecule has 3 amide bonds. The van der Waals surface area contributed by atoms with Gasteiger partial charge in [-0.15, -0.1) is 0 Å². The molecular formula is C16H20N4O2. The van der Waals surface area contributed by atoms with Crippen LogP contribution in [0, 0.1) is 0 Å². The maximum absolute atomic E-state index is 12.4. The predicted octanol–water partition coefficient (Wildman–Crippen LogP) is 1.97. The number of nitrogens with zero attached hydrogens (tertiary/aromatic N) is 3. The minimum Gasteiger partial charge on any atom is -0.346 e. The number of aryl methyl sites for hydroxylation is 1. The molecule has 1 aromatic carbocycles. The average Bonchev–Trinajstić information content (AvgIpc) is 2.93. The van der Waals surface area contributed by atoms with E-state index >= 15 is 0 Å². The lowest BCUT2D eigenvalue weighted by Gasteiger charge is -2.32. The topological polar surface area (TPSA) is 57.6 Å². The number of hydrogen-bond acceptors (Lipinski definition) is 2. The predicted molar refractivity (Wildman–Crippen MR) is 85.8 cm³/mol. The Hall–Kier alpha value is -2.50. The fourth-order valence-electron chi connectivity index (χ4n) is 2.83. The van der Waals surface area contributed by atoms with E-state index in [0.717, 1.165) is 29.5 Å². The number of rotatable bonds is 3. The van der Waals surface area contributed by atoms with Gasteiger partial charge in [-0.05, 0) is 13.0 Å².